The molecule has 1 aromatic heterocycles. The molecule has 98 valence electrons. The summed E-state index contributed by atoms with van der Waals surface area (Å²) in [6.45, 7) is 0. The Kier molecular flexibility index (Phi) is 4.01. The lowest BCUT2D eigenvalue weighted by atomic mass is 10.3. The number of nitrogens with two attached hydrogens (primary N) is 1. The Balaban J connectivity index is 2.26. The maximum Gasteiger partial charge on any atom is 0.149 e. The number of nitrogens with zero attached hydrogens (tertiary/aromatic N) is 2. The predicted octanol–water partition coefficient (Wildman–Crippen LogP) is 2.90. The quantitative estimate of drug-likeness (QED) is 0.662. The zero-order chi connectivity index (χ0) is 14.0. The van der Waals surface area contributed by atoms with E-state index in [9.17, 15) is 8.78 Å². The van der Waals surface area contributed by atoms with Crippen molar-refractivity contribution in [3.05, 3.63) is 46.3 Å². The van der Waals surface area contributed by atoms with E-state index in [0.29, 0.717) is 5.69 Å². The van der Waals surface area contributed by atoms with Gasteiger partial charge in [0.2, 0.25) is 0 Å². The molecule has 2 aromatic rings. The van der Waals surface area contributed by atoms with Crippen molar-refractivity contribution in [3.63, 3.8) is 0 Å². The molecule has 0 spiro atoms. The van der Waals surface area contributed by atoms with Crippen LogP contribution in [0.3, 0.4) is 0 Å². The smallest absolute Gasteiger partial charge is 0.149 e. The highest BCUT2D eigenvalue weighted by molar-refractivity contribution is 9.10. The van der Waals surface area contributed by atoms with Crippen LogP contribution < -0.4 is 11.1 Å². The number of anilines is 2. The van der Waals surface area contributed by atoms with Crippen molar-refractivity contribution in [1.82, 2.24) is 9.97 Å². The second-order valence-electron chi connectivity index (χ2n) is 3.52. The van der Waals surface area contributed by atoms with E-state index in [2.05, 4.69) is 31.2 Å². The van der Waals surface area contributed by atoms with E-state index in [0.717, 1.165) is 6.07 Å². The lowest BCUT2D eigenvalue weighted by molar-refractivity contribution is 0.581. The van der Waals surface area contributed by atoms with E-state index < -0.39 is 11.6 Å². The van der Waals surface area contributed by atoms with Crippen LogP contribution in [0, 0.1) is 11.6 Å². The largest absolute Gasteiger partial charge is 0.388 e. The van der Waals surface area contributed by atoms with Gasteiger partial charge in [-0.3, -0.25) is 0 Å². The number of rotatable bonds is 3. The van der Waals surface area contributed by atoms with Gasteiger partial charge in [-0.1, -0.05) is 12.2 Å². The third-order valence-electron chi connectivity index (χ3n) is 2.18. The SMILES string of the molecule is NC(=S)c1cnc(Nc2cc(Br)c(F)cc2F)cn1. The summed E-state index contributed by atoms with van der Waals surface area (Å²) in [5.74, 6) is -1.13. The molecule has 8 heteroatoms. The first-order valence-electron chi connectivity index (χ1n) is 5.01. The summed E-state index contributed by atoms with van der Waals surface area (Å²) in [5.41, 5.74) is 5.81. The highest BCUT2D eigenvalue weighted by Crippen LogP contribution is 2.25. The highest BCUT2D eigenvalue weighted by Gasteiger charge is 2.09. The first-order valence-corrected chi connectivity index (χ1v) is 6.21. The van der Waals surface area contributed by atoms with Crippen LogP contribution in [0.5, 0.6) is 0 Å². The molecule has 0 aliphatic carbocycles. The van der Waals surface area contributed by atoms with Gasteiger partial charge in [0.15, 0.2) is 0 Å². The van der Waals surface area contributed by atoms with Crippen LogP contribution in [0.4, 0.5) is 20.3 Å². The first-order chi connectivity index (χ1) is 8.97. The highest BCUT2D eigenvalue weighted by atomic mass is 79.9. The second-order valence-corrected chi connectivity index (χ2v) is 4.82. The van der Waals surface area contributed by atoms with Crippen LogP contribution >= 0.6 is 28.1 Å². The minimum atomic E-state index is -0.735. The maximum absolute atomic E-state index is 13.5. The van der Waals surface area contributed by atoms with Crippen molar-refractivity contribution in [3.8, 4) is 0 Å². The van der Waals surface area contributed by atoms with E-state index in [1.54, 1.807) is 0 Å². The number of halogens is 3. The van der Waals surface area contributed by atoms with Gasteiger partial charge in [0, 0.05) is 6.07 Å². The molecule has 3 N–H and O–H groups in total. The van der Waals surface area contributed by atoms with Crippen LogP contribution in [-0.2, 0) is 0 Å². The fourth-order valence-electron chi connectivity index (χ4n) is 1.28. The molecule has 1 aromatic carbocycles. The van der Waals surface area contributed by atoms with Gasteiger partial charge in [0.25, 0.3) is 0 Å². The Morgan fingerprint density at radius 1 is 1.21 bits per heavy atom. The van der Waals surface area contributed by atoms with Gasteiger partial charge in [-0.05, 0) is 22.0 Å². The molecule has 0 aliphatic rings. The minimum Gasteiger partial charge on any atom is -0.388 e. The Labute approximate surface area is 121 Å². The summed E-state index contributed by atoms with van der Waals surface area (Å²) >= 11 is 7.71. The van der Waals surface area contributed by atoms with Crippen LogP contribution in [0.1, 0.15) is 5.69 Å². The fraction of sp³-hybridized carbons (Fsp3) is 0. The molecule has 0 saturated heterocycles. The van der Waals surface area contributed by atoms with Crippen molar-refractivity contribution < 1.29 is 8.78 Å². The molecule has 2 rings (SSSR count). The van der Waals surface area contributed by atoms with Crippen LogP contribution in [0.2, 0.25) is 0 Å². The van der Waals surface area contributed by atoms with Crippen molar-refractivity contribution in [1.29, 1.82) is 0 Å². The van der Waals surface area contributed by atoms with Gasteiger partial charge < -0.3 is 11.1 Å². The van der Waals surface area contributed by atoms with Crippen molar-refractivity contribution in [2.45, 2.75) is 0 Å². The average Bonchev–Trinajstić information content (AvgIpc) is 2.36. The number of thiocarbonyl (C=S) groups is 1. The summed E-state index contributed by atoms with van der Waals surface area (Å²) in [6.07, 6.45) is 2.71. The van der Waals surface area contributed by atoms with Gasteiger partial charge in [0.1, 0.15) is 28.1 Å². The van der Waals surface area contributed by atoms with Gasteiger partial charge in [0.05, 0.1) is 22.6 Å². The predicted molar refractivity (Wildman–Crippen MR) is 75.3 cm³/mol. The number of hydrogen-bond acceptors (Lipinski definition) is 4. The number of hydrogen-bond donors (Lipinski definition) is 2. The number of nitrogens with one attached hydrogen (secondary N) is 1. The summed E-state index contributed by atoms with van der Waals surface area (Å²) in [4.78, 5) is 8.04. The fourth-order valence-corrected chi connectivity index (χ4v) is 1.72. The Hall–Kier alpha value is -1.67. The van der Waals surface area contributed by atoms with Crippen LogP contribution in [0.15, 0.2) is 29.0 Å². The minimum absolute atomic E-state index is 0.0747. The molecular formula is C11H7BrF2N4S. The third kappa shape index (κ3) is 3.21. The maximum atomic E-state index is 13.5. The molecule has 0 bridgehead atoms. The standard InChI is InChI=1S/C11H7BrF2N4S/c12-5-1-8(7(14)2-6(5)13)18-10-4-16-9(3-17-10)11(15)19/h1-4H,(H2,15,19)(H,17,18). The zero-order valence-electron chi connectivity index (χ0n) is 9.32. The van der Waals surface area contributed by atoms with Crippen molar-refractivity contribution in [2.24, 2.45) is 5.73 Å². The summed E-state index contributed by atoms with van der Waals surface area (Å²) in [7, 11) is 0. The topological polar surface area (TPSA) is 63.8 Å². The van der Waals surface area contributed by atoms with Gasteiger partial charge >= 0.3 is 0 Å². The monoisotopic (exact) mass is 344 g/mol. The van der Waals surface area contributed by atoms with Crippen LogP contribution in [-0.4, -0.2) is 15.0 Å². The van der Waals surface area contributed by atoms with Gasteiger partial charge in [-0.2, -0.15) is 0 Å². The van der Waals surface area contributed by atoms with Crippen molar-refractivity contribution in [2.75, 3.05) is 5.32 Å². The normalized spacial score (nSPS) is 10.3. The summed E-state index contributed by atoms with van der Waals surface area (Å²) < 4.78 is 26.7. The molecule has 0 atom stereocenters. The lowest BCUT2D eigenvalue weighted by Crippen LogP contribution is -2.12. The number of benzene rings is 1. The number of aromatic nitrogens is 2. The molecule has 0 amide bonds. The second kappa shape index (κ2) is 5.54. The van der Waals surface area contributed by atoms with E-state index in [1.807, 2.05) is 0 Å². The summed E-state index contributed by atoms with van der Waals surface area (Å²) in [6, 6.07) is 2.04. The molecule has 0 fully saturated rings. The van der Waals surface area contributed by atoms with Gasteiger partial charge in [-0.25, -0.2) is 18.7 Å². The van der Waals surface area contributed by atoms with Crippen LogP contribution in [0.25, 0.3) is 0 Å². The molecule has 0 aliphatic heterocycles. The molecule has 1 heterocycles. The van der Waals surface area contributed by atoms with E-state index in [1.165, 1.54) is 18.5 Å². The third-order valence-corrected chi connectivity index (χ3v) is 2.99. The Morgan fingerprint density at radius 3 is 2.53 bits per heavy atom. The zero-order valence-corrected chi connectivity index (χ0v) is 11.7. The summed E-state index contributed by atoms with van der Waals surface area (Å²) in [5, 5.41) is 2.68. The molecule has 19 heavy (non-hydrogen) atoms. The molecular weight excluding hydrogens is 338 g/mol. The van der Waals surface area contributed by atoms with Gasteiger partial charge in [-0.15, -0.1) is 0 Å². The molecule has 0 radical (unpaired) electrons. The van der Waals surface area contributed by atoms with E-state index in [4.69, 9.17) is 18.0 Å². The Bertz CT molecular complexity index is 633. The van der Waals surface area contributed by atoms with Crippen molar-refractivity contribution >= 4 is 44.6 Å². The Morgan fingerprint density at radius 2 is 1.95 bits per heavy atom. The lowest BCUT2D eigenvalue weighted by Gasteiger charge is -2.08. The average molecular weight is 345 g/mol. The van der Waals surface area contributed by atoms with E-state index >= 15 is 0 Å². The molecule has 0 saturated carbocycles. The first kappa shape index (κ1) is 13.8. The van der Waals surface area contributed by atoms with E-state index in [-0.39, 0.29) is 21.0 Å². The molecule has 4 nitrogen and oxygen atoms in total. The molecule has 0 unspecified atom stereocenters.